The highest BCUT2D eigenvalue weighted by molar-refractivity contribution is 9.10. The van der Waals surface area contributed by atoms with Crippen molar-refractivity contribution in [2.75, 3.05) is 24.5 Å². The van der Waals surface area contributed by atoms with Crippen molar-refractivity contribution in [2.45, 2.75) is 25.3 Å². The Morgan fingerprint density at radius 2 is 2.11 bits per heavy atom. The zero-order chi connectivity index (χ0) is 19.2. The third kappa shape index (κ3) is 4.74. The maximum Gasteiger partial charge on any atom is 0.241 e. The van der Waals surface area contributed by atoms with Crippen molar-refractivity contribution in [1.82, 2.24) is 4.90 Å². The minimum Gasteiger partial charge on any atom is -0.308 e. The molecule has 1 unspecified atom stereocenters. The van der Waals surface area contributed by atoms with Crippen LogP contribution in [-0.4, -0.2) is 30.4 Å². The summed E-state index contributed by atoms with van der Waals surface area (Å²) in [6, 6.07) is 16.6. The van der Waals surface area contributed by atoms with E-state index in [1.165, 1.54) is 16.5 Å². The van der Waals surface area contributed by atoms with E-state index in [9.17, 15) is 9.18 Å². The predicted molar refractivity (Wildman–Crippen MR) is 107 cm³/mol. The molecule has 0 N–H and O–H groups in total. The van der Waals surface area contributed by atoms with Gasteiger partial charge in [-0.1, -0.05) is 40.2 Å². The van der Waals surface area contributed by atoms with Gasteiger partial charge in [-0.3, -0.25) is 9.69 Å². The molecule has 1 saturated heterocycles. The van der Waals surface area contributed by atoms with Crippen LogP contribution in [0, 0.1) is 17.1 Å². The minimum atomic E-state index is -0.450. The Hall–Kier alpha value is -2.23. The molecule has 2 aromatic carbocycles. The zero-order valence-corrected chi connectivity index (χ0v) is 16.5. The van der Waals surface area contributed by atoms with Crippen molar-refractivity contribution in [3.8, 4) is 6.07 Å². The standard InChI is InChI=1S/C21H21BrFN3O/c22-17-7-3-6-16(14-17)19-10-4-12-25(19)15-21(27)26(13-5-11-24)20-9-2-1-8-18(20)23/h1-3,6-9,14,19H,4-5,10,12-13,15H2. The third-order valence-corrected chi connectivity index (χ3v) is 5.32. The summed E-state index contributed by atoms with van der Waals surface area (Å²) in [7, 11) is 0. The van der Waals surface area contributed by atoms with E-state index in [2.05, 4.69) is 33.0 Å². The number of para-hydroxylation sites is 1. The molecule has 1 amide bonds. The largest absolute Gasteiger partial charge is 0.308 e. The molecule has 0 aliphatic carbocycles. The van der Waals surface area contributed by atoms with Gasteiger partial charge in [0, 0.05) is 17.1 Å². The van der Waals surface area contributed by atoms with Crippen molar-refractivity contribution >= 4 is 27.5 Å². The second-order valence-electron chi connectivity index (χ2n) is 6.59. The molecule has 0 bridgehead atoms. The molecule has 0 aromatic heterocycles. The van der Waals surface area contributed by atoms with Crippen LogP contribution in [0.25, 0.3) is 0 Å². The molecule has 6 heteroatoms. The number of benzene rings is 2. The quantitative estimate of drug-likeness (QED) is 0.669. The fourth-order valence-corrected chi connectivity index (χ4v) is 3.99. The van der Waals surface area contributed by atoms with Crippen LogP contribution in [0.4, 0.5) is 10.1 Å². The van der Waals surface area contributed by atoms with E-state index >= 15 is 0 Å². The highest BCUT2D eigenvalue weighted by atomic mass is 79.9. The normalized spacial score (nSPS) is 16.9. The summed E-state index contributed by atoms with van der Waals surface area (Å²) < 4.78 is 15.2. The molecule has 0 saturated carbocycles. The lowest BCUT2D eigenvalue weighted by molar-refractivity contribution is -0.120. The minimum absolute atomic E-state index is 0.162. The van der Waals surface area contributed by atoms with Crippen LogP contribution in [0.15, 0.2) is 53.0 Å². The van der Waals surface area contributed by atoms with E-state index < -0.39 is 5.82 Å². The second kappa shape index (κ2) is 9.12. The lowest BCUT2D eigenvalue weighted by Gasteiger charge is -2.28. The third-order valence-electron chi connectivity index (χ3n) is 4.83. The highest BCUT2D eigenvalue weighted by Gasteiger charge is 2.30. The Bertz CT molecular complexity index is 851. The second-order valence-corrected chi connectivity index (χ2v) is 7.50. The lowest BCUT2D eigenvalue weighted by Crippen LogP contribution is -2.41. The molecule has 1 aliphatic rings. The number of hydrogen-bond acceptors (Lipinski definition) is 3. The lowest BCUT2D eigenvalue weighted by atomic mass is 10.0. The molecular formula is C21H21BrFN3O. The number of nitrogens with zero attached hydrogens (tertiary/aromatic N) is 3. The van der Waals surface area contributed by atoms with Crippen molar-refractivity contribution < 1.29 is 9.18 Å². The molecule has 1 atom stereocenters. The Morgan fingerprint density at radius 3 is 2.85 bits per heavy atom. The Kier molecular flexibility index (Phi) is 6.59. The Labute approximate surface area is 167 Å². The summed E-state index contributed by atoms with van der Waals surface area (Å²) in [5, 5.41) is 8.92. The van der Waals surface area contributed by atoms with Crippen LogP contribution in [0.5, 0.6) is 0 Å². The number of nitriles is 1. The number of halogens is 2. The summed E-state index contributed by atoms with van der Waals surface area (Å²) in [5.41, 5.74) is 1.40. The number of carbonyl (C=O) groups excluding carboxylic acids is 1. The number of carbonyl (C=O) groups is 1. The van der Waals surface area contributed by atoms with E-state index in [0.29, 0.717) is 0 Å². The molecule has 2 aromatic rings. The summed E-state index contributed by atoms with van der Waals surface area (Å²) >= 11 is 3.50. The summed E-state index contributed by atoms with van der Waals surface area (Å²) in [5.74, 6) is -0.633. The molecular weight excluding hydrogens is 409 g/mol. The van der Waals surface area contributed by atoms with Gasteiger partial charge in [-0.25, -0.2) is 4.39 Å². The van der Waals surface area contributed by atoms with Gasteiger partial charge in [0.25, 0.3) is 0 Å². The smallest absolute Gasteiger partial charge is 0.241 e. The van der Waals surface area contributed by atoms with Crippen LogP contribution in [0.3, 0.4) is 0 Å². The first-order valence-electron chi connectivity index (χ1n) is 9.01. The molecule has 140 valence electrons. The van der Waals surface area contributed by atoms with Crippen LogP contribution < -0.4 is 4.90 Å². The number of rotatable bonds is 6. The van der Waals surface area contributed by atoms with Crippen molar-refractivity contribution in [1.29, 1.82) is 5.26 Å². The maximum atomic E-state index is 14.2. The highest BCUT2D eigenvalue weighted by Crippen LogP contribution is 2.33. The van der Waals surface area contributed by atoms with Crippen molar-refractivity contribution in [3.05, 3.63) is 64.4 Å². The molecule has 0 radical (unpaired) electrons. The van der Waals surface area contributed by atoms with Crippen molar-refractivity contribution in [3.63, 3.8) is 0 Å². The van der Waals surface area contributed by atoms with E-state index in [-0.39, 0.29) is 37.1 Å². The van der Waals surface area contributed by atoms with Gasteiger partial charge in [-0.15, -0.1) is 0 Å². The van der Waals surface area contributed by atoms with Crippen LogP contribution in [-0.2, 0) is 4.79 Å². The molecule has 4 nitrogen and oxygen atoms in total. The topological polar surface area (TPSA) is 47.3 Å². The number of amides is 1. The van der Waals surface area contributed by atoms with E-state index in [1.54, 1.807) is 18.2 Å². The molecule has 1 fully saturated rings. The fraction of sp³-hybridized carbons (Fsp3) is 0.333. The van der Waals surface area contributed by atoms with Gasteiger partial charge in [-0.2, -0.15) is 5.26 Å². The SMILES string of the molecule is N#CCCN(C(=O)CN1CCCC1c1cccc(Br)c1)c1ccccc1F. The monoisotopic (exact) mass is 429 g/mol. The van der Waals surface area contributed by atoms with Gasteiger partial charge in [0.2, 0.25) is 5.91 Å². The fourth-order valence-electron chi connectivity index (χ4n) is 3.58. The number of hydrogen-bond donors (Lipinski definition) is 0. The Balaban J connectivity index is 1.78. The molecule has 0 spiro atoms. The summed E-state index contributed by atoms with van der Waals surface area (Å²) in [4.78, 5) is 16.5. The average molecular weight is 430 g/mol. The van der Waals surface area contributed by atoms with E-state index in [4.69, 9.17) is 5.26 Å². The van der Waals surface area contributed by atoms with Crippen LogP contribution >= 0.6 is 15.9 Å². The summed E-state index contributed by atoms with van der Waals surface area (Å²) in [6.07, 6.45) is 2.17. The van der Waals surface area contributed by atoms with Gasteiger partial charge in [0.1, 0.15) is 5.82 Å². The van der Waals surface area contributed by atoms with Crippen LogP contribution in [0.1, 0.15) is 30.9 Å². The van der Waals surface area contributed by atoms with Gasteiger partial charge >= 0.3 is 0 Å². The number of likely N-dealkylation sites (tertiary alicyclic amines) is 1. The molecule has 1 heterocycles. The summed E-state index contributed by atoms with van der Waals surface area (Å²) in [6.45, 7) is 1.22. The zero-order valence-electron chi connectivity index (χ0n) is 14.9. The van der Waals surface area contributed by atoms with Gasteiger partial charge < -0.3 is 4.90 Å². The average Bonchev–Trinajstić information content (AvgIpc) is 3.11. The van der Waals surface area contributed by atoms with Gasteiger partial charge in [0.05, 0.1) is 24.7 Å². The molecule has 1 aliphatic heterocycles. The first-order valence-corrected chi connectivity index (χ1v) is 9.81. The van der Waals surface area contributed by atoms with Gasteiger partial charge in [0.15, 0.2) is 0 Å². The predicted octanol–water partition coefficient (Wildman–Crippen LogP) is 4.67. The first kappa shape index (κ1) is 19.5. The number of anilines is 1. The molecule has 3 rings (SSSR count). The Morgan fingerprint density at radius 1 is 1.30 bits per heavy atom. The molecule has 27 heavy (non-hydrogen) atoms. The van der Waals surface area contributed by atoms with E-state index in [0.717, 1.165) is 23.9 Å². The van der Waals surface area contributed by atoms with E-state index in [1.807, 2.05) is 18.2 Å². The van der Waals surface area contributed by atoms with Crippen LogP contribution in [0.2, 0.25) is 0 Å². The first-order chi connectivity index (χ1) is 13.1. The van der Waals surface area contributed by atoms with Gasteiger partial charge in [-0.05, 0) is 49.2 Å². The van der Waals surface area contributed by atoms with Crippen molar-refractivity contribution in [2.24, 2.45) is 0 Å². The maximum absolute atomic E-state index is 14.2.